The van der Waals surface area contributed by atoms with E-state index in [9.17, 15) is 23.3 Å². The van der Waals surface area contributed by atoms with Gasteiger partial charge in [-0.2, -0.15) is 5.26 Å². The first-order chi connectivity index (χ1) is 11.7. The predicted octanol–water partition coefficient (Wildman–Crippen LogP) is 5.44. The third kappa shape index (κ3) is 3.29. The van der Waals surface area contributed by atoms with Crippen molar-refractivity contribution in [2.45, 2.75) is 6.42 Å². The van der Waals surface area contributed by atoms with E-state index < -0.39 is 45.6 Å². The van der Waals surface area contributed by atoms with Gasteiger partial charge in [-0.15, -0.1) is 0 Å². The highest BCUT2D eigenvalue weighted by Gasteiger charge is 2.26. The average Bonchev–Trinajstić information content (AvgIpc) is 2.55. The summed E-state index contributed by atoms with van der Waals surface area (Å²) in [5, 5.41) is 19.7. The average molecular weight is 431 g/mol. The van der Waals surface area contributed by atoms with E-state index in [1.54, 1.807) is 0 Å². The van der Waals surface area contributed by atoms with Gasteiger partial charge in [-0.3, -0.25) is 10.1 Å². The maximum Gasteiger partial charge on any atom is 0.272 e. The largest absolute Gasteiger partial charge is 0.272 e. The van der Waals surface area contributed by atoms with Crippen molar-refractivity contribution >= 4 is 38.9 Å². The Morgan fingerprint density at radius 1 is 1.28 bits per heavy atom. The van der Waals surface area contributed by atoms with Gasteiger partial charge in [-0.1, -0.05) is 27.5 Å². The van der Waals surface area contributed by atoms with Crippen molar-refractivity contribution in [3.8, 4) is 6.07 Å². The lowest BCUT2D eigenvalue weighted by atomic mass is 9.97. The summed E-state index contributed by atoms with van der Waals surface area (Å²) in [6, 6.07) is 3.46. The molecule has 0 fully saturated rings. The Morgan fingerprint density at radius 2 is 1.92 bits per heavy atom. The van der Waals surface area contributed by atoms with E-state index in [0.29, 0.717) is 0 Å². The minimum Gasteiger partial charge on any atom is -0.258 e. The van der Waals surface area contributed by atoms with Crippen LogP contribution in [0.5, 0.6) is 0 Å². The molecule has 0 radical (unpaired) electrons. The number of nitrogens with zero attached hydrogens (tertiary/aromatic N) is 3. The molecule has 0 heterocycles. The van der Waals surface area contributed by atoms with E-state index in [2.05, 4.69) is 20.8 Å². The maximum absolute atomic E-state index is 14.4. The molecule has 0 unspecified atom stereocenters. The molecular formula is C15H4BrClF3N3O2. The molecule has 0 aromatic heterocycles. The van der Waals surface area contributed by atoms with Gasteiger partial charge in [-0.25, -0.2) is 18.0 Å². The molecule has 5 nitrogen and oxygen atoms in total. The first kappa shape index (κ1) is 18.7. The van der Waals surface area contributed by atoms with Gasteiger partial charge in [0.1, 0.15) is 11.9 Å². The number of benzene rings is 2. The summed E-state index contributed by atoms with van der Waals surface area (Å²) in [4.78, 5) is 12.7. The molecule has 2 aromatic rings. The van der Waals surface area contributed by atoms with Crippen molar-refractivity contribution in [2.24, 2.45) is 0 Å². The molecule has 0 atom stereocenters. The Balaban J connectivity index is 2.71. The molecule has 0 aliphatic carbocycles. The van der Waals surface area contributed by atoms with Gasteiger partial charge in [0.2, 0.25) is 0 Å². The third-order valence-electron chi connectivity index (χ3n) is 3.31. The molecule has 0 saturated carbocycles. The lowest BCUT2D eigenvalue weighted by Crippen LogP contribution is -2.05. The summed E-state index contributed by atoms with van der Waals surface area (Å²) >= 11 is 8.99. The van der Waals surface area contributed by atoms with E-state index in [1.807, 2.05) is 0 Å². The van der Waals surface area contributed by atoms with Gasteiger partial charge in [0, 0.05) is 28.6 Å². The Labute approximate surface area is 152 Å². The summed E-state index contributed by atoms with van der Waals surface area (Å²) < 4.78 is 42.1. The van der Waals surface area contributed by atoms with E-state index in [1.165, 1.54) is 6.07 Å². The van der Waals surface area contributed by atoms with Crippen LogP contribution in [-0.2, 0) is 6.42 Å². The standard InChI is InChI=1S/C15H4BrClF3N3O2/c1-22-15-13(19)7(9(5-21)12(18)14(15)20)4-8-10(16)2-6(23(24)25)3-11(8)17/h2-3H,4H2. The monoisotopic (exact) mass is 429 g/mol. The lowest BCUT2D eigenvalue weighted by molar-refractivity contribution is -0.384. The number of hydrogen-bond acceptors (Lipinski definition) is 3. The van der Waals surface area contributed by atoms with Crippen molar-refractivity contribution < 1.29 is 18.1 Å². The molecule has 0 bridgehead atoms. The summed E-state index contributed by atoms with van der Waals surface area (Å²) in [5.74, 6) is -4.77. The van der Waals surface area contributed by atoms with Crippen molar-refractivity contribution in [1.82, 2.24) is 0 Å². The van der Waals surface area contributed by atoms with Crippen LogP contribution >= 0.6 is 27.5 Å². The Hall–Kier alpha value is -2.62. The molecule has 0 N–H and O–H groups in total. The first-order valence-corrected chi connectivity index (χ1v) is 7.49. The van der Waals surface area contributed by atoms with E-state index in [-0.39, 0.29) is 20.7 Å². The second-order valence-corrected chi connectivity index (χ2v) is 5.95. The summed E-state index contributed by atoms with van der Waals surface area (Å²) in [6.07, 6.45) is -0.480. The number of hydrogen-bond donors (Lipinski definition) is 0. The highest BCUT2D eigenvalue weighted by molar-refractivity contribution is 9.10. The maximum atomic E-state index is 14.4. The summed E-state index contributed by atoms with van der Waals surface area (Å²) in [7, 11) is 0. The van der Waals surface area contributed by atoms with Crippen molar-refractivity contribution in [3.05, 3.63) is 77.3 Å². The third-order valence-corrected chi connectivity index (χ3v) is 4.35. The van der Waals surface area contributed by atoms with E-state index >= 15 is 0 Å². The fourth-order valence-electron chi connectivity index (χ4n) is 2.12. The van der Waals surface area contributed by atoms with Gasteiger partial charge < -0.3 is 0 Å². The second-order valence-electron chi connectivity index (χ2n) is 4.69. The highest BCUT2D eigenvalue weighted by Crippen LogP contribution is 2.36. The van der Waals surface area contributed by atoms with Crippen LogP contribution in [-0.4, -0.2) is 4.92 Å². The summed E-state index contributed by atoms with van der Waals surface area (Å²) in [5.41, 5.74) is -2.87. The van der Waals surface area contributed by atoms with Crippen LogP contribution in [0, 0.1) is 45.5 Å². The van der Waals surface area contributed by atoms with Crippen molar-refractivity contribution in [3.63, 3.8) is 0 Å². The number of rotatable bonds is 3. The van der Waals surface area contributed by atoms with Gasteiger partial charge >= 0.3 is 0 Å². The van der Waals surface area contributed by atoms with Crippen LogP contribution in [0.15, 0.2) is 16.6 Å². The Morgan fingerprint density at radius 3 is 2.40 bits per heavy atom. The van der Waals surface area contributed by atoms with Crippen molar-refractivity contribution in [2.75, 3.05) is 0 Å². The molecule has 2 rings (SSSR count). The Kier molecular flexibility index (Phi) is 5.31. The topological polar surface area (TPSA) is 71.3 Å². The van der Waals surface area contributed by atoms with Crippen LogP contribution in [0.3, 0.4) is 0 Å². The quantitative estimate of drug-likeness (QED) is 0.282. The Bertz CT molecular complexity index is 976. The number of nitro groups is 1. The number of halogens is 5. The number of non-ortho nitro benzene ring substituents is 1. The SMILES string of the molecule is [C-]#[N+]c1c(F)c(F)c(C#N)c(Cc2c(Cl)cc([N+](=O)[O-])cc2Br)c1F. The minimum atomic E-state index is -1.75. The zero-order valence-electron chi connectivity index (χ0n) is 11.9. The zero-order chi connectivity index (χ0) is 18.9. The van der Waals surface area contributed by atoms with Gasteiger partial charge in [0.25, 0.3) is 11.4 Å². The molecule has 0 amide bonds. The molecular weight excluding hydrogens is 427 g/mol. The zero-order valence-corrected chi connectivity index (χ0v) is 14.3. The fourth-order valence-corrected chi connectivity index (χ4v) is 3.10. The molecule has 10 heteroatoms. The minimum absolute atomic E-state index is 0.115. The molecule has 0 aliphatic heterocycles. The smallest absolute Gasteiger partial charge is 0.258 e. The van der Waals surface area contributed by atoms with Gasteiger partial charge in [-0.05, 0) is 5.56 Å². The molecule has 0 aliphatic rings. The van der Waals surface area contributed by atoms with Crippen LogP contribution in [0.1, 0.15) is 16.7 Å². The second kappa shape index (κ2) is 7.09. The van der Waals surface area contributed by atoms with Crippen LogP contribution in [0.4, 0.5) is 24.5 Å². The van der Waals surface area contributed by atoms with Crippen molar-refractivity contribution in [1.29, 1.82) is 5.26 Å². The van der Waals surface area contributed by atoms with Gasteiger partial charge in [0.15, 0.2) is 11.6 Å². The molecule has 0 spiro atoms. The lowest BCUT2D eigenvalue weighted by Gasteiger charge is -2.12. The molecule has 0 saturated heterocycles. The number of nitro benzene ring substituents is 1. The molecule has 2 aromatic carbocycles. The summed E-state index contributed by atoms with van der Waals surface area (Å²) in [6.45, 7) is 6.77. The number of nitriles is 1. The normalized spacial score (nSPS) is 10.2. The van der Waals surface area contributed by atoms with Gasteiger partial charge in [0.05, 0.1) is 22.1 Å². The van der Waals surface area contributed by atoms with E-state index in [0.717, 1.165) is 12.1 Å². The molecule has 25 heavy (non-hydrogen) atoms. The van der Waals surface area contributed by atoms with Crippen LogP contribution < -0.4 is 0 Å². The fraction of sp³-hybridized carbons (Fsp3) is 0.0667. The molecule has 126 valence electrons. The first-order valence-electron chi connectivity index (χ1n) is 6.32. The predicted molar refractivity (Wildman–Crippen MR) is 85.9 cm³/mol. The van der Waals surface area contributed by atoms with Crippen LogP contribution in [0.25, 0.3) is 4.85 Å². The van der Waals surface area contributed by atoms with Crippen LogP contribution in [0.2, 0.25) is 5.02 Å². The van der Waals surface area contributed by atoms with E-state index in [4.69, 9.17) is 23.4 Å². The highest BCUT2D eigenvalue weighted by atomic mass is 79.9.